The summed E-state index contributed by atoms with van der Waals surface area (Å²) in [5, 5.41) is 3.58. The van der Waals surface area contributed by atoms with Crippen LogP contribution >= 0.6 is 15.9 Å². The predicted octanol–water partition coefficient (Wildman–Crippen LogP) is 2.68. The van der Waals surface area contributed by atoms with Gasteiger partial charge in [-0.15, -0.1) is 0 Å². The van der Waals surface area contributed by atoms with E-state index in [1.54, 1.807) is 0 Å². The molecular formula is C11H17BrN2. The summed E-state index contributed by atoms with van der Waals surface area (Å²) in [5.41, 5.74) is 1.34. The summed E-state index contributed by atoms with van der Waals surface area (Å²) < 4.78 is 3.33. The molecular weight excluding hydrogens is 240 g/mol. The highest BCUT2D eigenvalue weighted by atomic mass is 79.9. The van der Waals surface area contributed by atoms with E-state index in [0.29, 0.717) is 0 Å². The van der Waals surface area contributed by atoms with Gasteiger partial charge in [-0.25, -0.2) is 0 Å². The topological polar surface area (TPSA) is 17.0 Å². The fraction of sp³-hybridized carbons (Fsp3) is 0.636. The highest BCUT2D eigenvalue weighted by Gasteiger charge is 2.24. The molecule has 1 aliphatic carbocycles. The van der Waals surface area contributed by atoms with Crippen LogP contribution in [0.3, 0.4) is 0 Å². The highest BCUT2D eigenvalue weighted by Crippen LogP contribution is 2.26. The van der Waals surface area contributed by atoms with E-state index in [1.807, 2.05) is 0 Å². The van der Waals surface area contributed by atoms with E-state index in [0.717, 1.165) is 18.5 Å². The maximum atomic E-state index is 3.58. The smallest absolute Gasteiger partial charge is 0.0361 e. The fourth-order valence-corrected chi connectivity index (χ4v) is 2.63. The third kappa shape index (κ3) is 2.20. The van der Waals surface area contributed by atoms with E-state index in [1.165, 1.54) is 23.0 Å². The average Bonchev–Trinajstić information content (AvgIpc) is 2.37. The van der Waals surface area contributed by atoms with Gasteiger partial charge in [0, 0.05) is 36.0 Å². The van der Waals surface area contributed by atoms with Crippen LogP contribution in [0.15, 0.2) is 16.7 Å². The molecule has 0 saturated heterocycles. The third-order valence-corrected chi connectivity index (χ3v) is 3.45. The molecule has 1 aliphatic rings. The molecule has 14 heavy (non-hydrogen) atoms. The van der Waals surface area contributed by atoms with Crippen LogP contribution in [0.5, 0.6) is 0 Å². The lowest BCUT2D eigenvalue weighted by molar-refractivity contribution is 0.239. The SMILES string of the molecule is CC1CC(NCc2cc(Br)cn2C)C1. The summed E-state index contributed by atoms with van der Waals surface area (Å²) in [6, 6.07) is 2.92. The van der Waals surface area contributed by atoms with Crippen molar-refractivity contribution in [3.05, 3.63) is 22.4 Å². The summed E-state index contributed by atoms with van der Waals surface area (Å²) in [7, 11) is 2.09. The largest absolute Gasteiger partial charge is 0.352 e. The molecule has 3 heteroatoms. The number of nitrogens with one attached hydrogen (secondary N) is 1. The minimum Gasteiger partial charge on any atom is -0.352 e. The van der Waals surface area contributed by atoms with Crippen LogP contribution in [0.25, 0.3) is 0 Å². The van der Waals surface area contributed by atoms with Crippen LogP contribution in [0.1, 0.15) is 25.5 Å². The summed E-state index contributed by atoms with van der Waals surface area (Å²) in [6.07, 6.45) is 4.78. The van der Waals surface area contributed by atoms with E-state index in [2.05, 4.69) is 52.0 Å². The van der Waals surface area contributed by atoms with Crippen LogP contribution in [0.4, 0.5) is 0 Å². The van der Waals surface area contributed by atoms with Gasteiger partial charge in [0.2, 0.25) is 0 Å². The van der Waals surface area contributed by atoms with Crippen molar-refractivity contribution in [2.45, 2.75) is 32.4 Å². The van der Waals surface area contributed by atoms with E-state index >= 15 is 0 Å². The normalized spacial score (nSPS) is 26.2. The van der Waals surface area contributed by atoms with E-state index in [-0.39, 0.29) is 0 Å². The predicted molar refractivity (Wildman–Crippen MR) is 62.1 cm³/mol. The summed E-state index contributed by atoms with van der Waals surface area (Å²) >= 11 is 3.48. The number of aryl methyl sites for hydroxylation is 1. The Morgan fingerprint density at radius 2 is 2.29 bits per heavy atom. The van der Waals surface area contributed by atoms with Crippen molar-refractivity contribution >= 4 is 15.9 Å². The standard InChI is InChI=1S/C11H17BrN2/c1-8-3-10(4-8)13-6-11-5-9(12)7-14(11)2/h5,7-8,10,13H,3-4,6H2,1-2H3. The Morgan fingerprint density at radius 1 is 1.57 bits per heavy atom. The molecule has 0 aliphatic heterocycles. The van der Waals surface area contributed by atoms with Crippen molar-refractivity contribution in [3.8, 4) is 0 Å². The molecule has 0 unspecified atom stereocenters. The van der Waals surface area contributed by atoms with E-state index in [9.17, 15) is 0 Å². The number of aromatic nitrogens is 1. The Morgan fingerprint density at radius 3 is 2.79 bits per heavy atom. The van der Waals surface area contributed by atoms with Crippen LogP contribution in [0.2, 0.25) is 0 Å². The Bertz CT molecular complexity index is 313. The first kappa shape index (κ1) is 10.2. The lowest BCUT2D eigenvalue weighted by Gasteiger charge is -2.33. The second-order valence-electron chi connectivity index (χ2n) is 4.41. The van der Waals surface area contributed by atoms with Crippen LogP contribution in [0, 0.1) is 5.92 Å². The molecule has 0 radical (unpaired) electrons. The first-order valence-corrected chi connectivity index (χ1v) is 5.98. The molecule has 1 fully saturated rings. The Hall–Kier alpha value is -0.280. The Labute approximate surface area is 93.8 Å². The zero-order valence-electron chi connectivity index (χ0n) is 8.76. The van der Waals surface area contributed by atoms with Gasteiger partial charge in [0.1, 0.15) is 0 Å². The number of nitrogens with zero attached hydrogens (tertiary/aromatic N) is 1. The molecule has 78 valence electrons. The first-order chi connectivity index (χ1) is 6.65. The quantitative estimate of drug-likeness (QED) is 0.880. The lowest BCUT2D eigenvalue weighted by atomic mass is 9.82. The van der Waals surface area contributed by atoms with Gasteiger partial charge >= 0.3 is 0 Å². The molecule has 0 atom stereocenters. The first-order valence-electron chi connectivity index (χ1n) is 5.19. The monoisotopic (exact) mass is 256 g/mol. The minimum atomic E-state index is 0.749. The molecule has 2 rings (SSSR count). The fourth-order valence-electron chi connectivity index (χ4n) is 2.06. The molecule has 0 amide bonds. The van der Waals surface area contributed by atoms with Gasteiger partial charge in [-0.1, -0.05) is 6.92 Å². The van der Waals surface area contributed by atoms with Crippen LogP contribution < -0.4 is 5.32 Å². The summed E-state index contributed by atoms with van der Waals surface area (Å²) in [6.45, 7) is 3.30. The maximum absolute atomic E-state index is 3.58. The van der Waals surface area contributed by atoms with Crippen molar-refractivity contribution in [2.75, 3.05) is 0 Å². The van der Waals surface area contributed by atoms with Gasteiger partial charge in [0.25, 0.3) is 0 Å². The lowest BCUT2D eigenvalue weighted by Crippen LogP contribution is -2.39. The zero-order valence-corrected chi connectivity index (χ0v) is 10.3. The average molecular weight is 257 g/mol. The molecule has 1 aromatic rings. The van der Waals surface area contributed by atoms with Gasteiger partial charge in [-0.05, 0) is 40.8 Å². The number of rotatable bonds is 3. The number of hydrogen-bond acceptors (Lipinski definition) is 1. The van der Waals surface area contributed by atoms with Gasteiger partial charge in [-0.3, -0.25) is 0 Å². The molecule has 1 saturated carbocycles. The number of halogens is 1. The van der Waals surface area contributed by atoms with Crippen molar-refractivity contribution in [1.82, 2.24) is 9.88 Å². The van der Waals surface area contributed by atoms with E-state index in [4.69, 9.17) is 0 Å². The van der Waals surface area contributed by atoms with Crippen LogP contribution in [-0.2, 0) is 13.6 Å². The third-order valence-electron chi connectivity index (χ3n) is 3.02. The summed E-state index contributed by atoms with van der Waals surface area (Å²) in [4.78, 5) is 0. The van der Waals surface area contributed by atoms with Gasteiger partial charge in [0.15, 0.2) is 0 Å². The van der Waals surface area contributed by atoms with Crippen molar-refractivity contribution in [1.29, 1.82) is 0 Å². The number of hydrogen-bond donors (Lipinski definition) is 1. The van der Waals surface area contributed by atoms with Crippen molar-refractivity contribution in [2.24, 2.45) is 13.0 Å². The van der Waals surface area contributed by atoms with Gasteiger partial charge in [0.05, 0.1) is 0 Å². The minimum absolute atomic E-state index is 0.749. The van der Waals surface area contributed by atoms with Crippen LogP contribution in [-0.4, -0.2) is 10.6 Å². The molecule has 1 heterocycles. The van der Waals surface area contributed by atoms with Gasteiger partial charge in [-0.2, -0.15) is 0 Å². The maximum Gasteiger partial charge on any atom is 0.0361 e. The molecule has 0 bridgehead atoms. The molecule has 0 spiro atoms. The van der Waals surface area contributed by atoms with Gasteiger partial charge < -0.3 is 9.88 Å². The molecule has 0 aromatic carbocycles. The second kappa shape index (κ2) is 4.07. The zero-order chi connectivity index (χ0) is 10.1. The van der Waals surface area contributed by atoms with E-state index < -0.39 is 0 Å². The Balaban J connectivity index is 1.83. The summed E-state index contributed by atoms with van der Waals surface area (Å²) in [5.74, 6) is 0.924. The highest BCUT2D eigenvalue weighted by molar-refractivity contribution is 9.10. The van der Waals surface area contributed by atoms with Crippen molar-refractivity contribution in [3.63, 3.8) is 0 Å². The Kier molecular flexibility index (Phi) is 2.98. The van der Waals surface area contributed by atoms with Crippen molar-refractivity contribution < 1.29 is 0 Å². The molecule has 1 N–H and O–H groups in total. The molecule has 1 aromatic heterocycles. The molecule has 2 nitrogen and oxygen atoms in total. The second-order valence-corrected chi connectivity index (χ2v) is 5.33.